The minimum absolute atomic E-state index is 0.336. The first-order valence-corrected chi connectivity index (χ1v) is 7.03. The third-order valence-electron chi connectivity index (χ3n) is 2.99. The average molecular weight is 335 g/mol. The molecule has 1 heterocycles. The van der Waals surface area contributed by atoms with E-state index in [1.807, 2.05) is 0 Å². The molecule has 23 heavy (non-hydrogen) atoms. The zero-order valence-corrected chi connectivity index (χ0v) is 13.3. The highest BCUT2D eigenvalue weighted by molar-refractivity contribution is 6.30. The molecule has 0 atom stereocenters. The summed E-state index contributed by atoms with van der Waals surface area (Å²) in [4.78, 5) is 15.9. The number of rotatable bonds is 6. The minimum Gasteiger partial charge on any atom is -0.439 e. The molecule has 0 spiro atoms. The van der Waals surface area contributed by atoms with Crippen molar-refractivity contribution in [1.82, 2.24) is 10.3 Å². The fourth-order valence-electron chi connectivity index (χ4n) is 1.81. The molecule has 0 bridgehead atoms. The van der Waals surface area contributed by atoms with Crippen LogP contribution in [0.3, 0.4) is 0 Å². The molecule has 0 unspecified atom stereocenters. The van der Waals surface area contributed by atoms with Crippen molar-refractivity contribution in [2.45, 2.75) is 0 Å². The van der Waals surface area contributed by atoms with Crippen molar-refractivity contribution < 1.29 is 9.66 Å². The van der Waals surface area contributed by atoms with Gasteiger partial charge in [-0.2, -0.15) is 0 Å². The van der Waals surface area contributed by atoms with E-state index >= 15 is 0 Å². The van der Waals surface area contributed by atoms with Gasteiger partial charge >= 0.3 is 0 Å². The lowest BCUT2D eigenvalue weighted by atomic mass is 10.3. The number of pyridine rings is 1. The van der Waals surface area contributed by atoms with Gasteiger partial charge in [0.05, 0.1) is 16.8 Å². The second-order valence-electron chi connectivity index (χ2n) is 4.52. The van der Waals surface area contributed by atoms with Gasteiger partial charge in [0, 0.05) is 25.2 Å². The first-order chi connectivity index (χ1) is 11.0. The van der Waals surface area contributed by atoms with Crippen LogP contribution in [0.4, 0.5) is 5.69 Å². The Morgan fingerprint density at radius 2 is 2.04 bits per heavy atom. The number of aromatic nitrogens is 1. The van der Waals surface area contributed by atoms with Crippen LogP contribution < -0.4 is 15.0 Å². The maximum atomic E-state index is 10.6. The highest BCUT2D eigenvalue weighted by Gasteiger charge is 2.10. The first kappa shape index (κ1) is 16.6. The van der Waals surface area contributed by atoms with E-state index in [0.717, 1.165) is 6.20 Å². The topological polar surface area (TPSA) is 80.5 Å². The SMILES string of the molecule is CN/C(=C\[N+](=O)[O-])N(C)c1ccc(Oc2ccc(Cl)cc2)nc1. The van der Waals surface area contributed by atoms with E-state index in [4.69, 9.17) is 16.3 Å². The summed E-state index contributed by atoms with van der Waals surface area (Å²) in [5, 5.41) is 14.0. The largest absolute Gasteiger partial charge is 0.439 e. The number of hydrogen-bond acceptors (Lipinski definition) is 6. The predicted molar refractivity (Wildman–Crippen MR) is 88.3 cm³/mol. The Morgan fingerprint density at radius 3 is 2.57 bits per heavy atom. The van der Waals surface area contributed by atoms with E-state index in [0.29, 0.717) is 28.2 Å². The van der Waals surface area contributed by atoms with Crippen molar-refractivity contribution in [3.05, 3.63) is 69.8 Å². The van der Waals surface area contributed by atoms with Crippen LogP contribution in [0.1, 0.15) is 0 Å². The van der Waals surface area contributed by atoms with Gasteiger partial charge in [-0.1, -0.05) is 11.6 Å². The van der Waals surface area contributed by atoms with Gasteiger partial charge in [0.2, 0.25) is 5.88 Å². The molecule has 8 heteroatoms. The Bertz CT molecular complexity index is 702. The molecular formula is C15H15ClN4O3. The quantitative estimate of drug-likeness (QED) is 0.645. The lowest BCUT2D eigenvalue weighted by Gasteiger charge is -2.20. The molecule has 0 aliphatic heterocycles. The smallest absolute Gasteiger partial charge is 0.274 e. The number of anilines is 1. The Balaban J connectivity index is 2.12. The molecular weight excluding hydrogens is 320 g/mol. The maximum absolute atomic E-state index is 10.6. The van der Waals surface area contributed by atoms with E-state index < -0.39 is 4.92 Å². The number of halogens is 1. The Labute approximate surface area is 138 Å². The molecule has 0 saturated heterocycles. The van der Waals surface area contributed by atoms with E-state index in [1.54, 1.807) is 61.6 Å². The molecule has 0 fully saturated rings. The minimum atomic E-state index is -0.520. The maximum Gasteiger partial charge on any atom is 0.274 e. The van der Waals surface area contributed by atoms with E-state index in [1.165, 1.54) is 0 Å². The van der Waals surface area contributed by atoms with E-state index in [9.17, 15) is 10.1 Å². The molecule has 0 aliphatic rings. The third kappa shape index (κ3) is 4.58. The van der Waals surface area contributed by atoms with Gasteiger partial charge in [-0.3, -0.25) is 10.1 Å². The lowest BCUT2D eigenvalue weighted by molar-refractivity contribution is -0.403. The summed E-state index contributed by atoms with van der Waals surface area (Å²) in [6.07, 6.45) is 2.45. The number of hydrogen-bond donors (Lipinski definition) is 1. The number of ether oxygens (including phenoxy) is 1. The van der Waals surface area contributed by atoms with E-state index in [-0.39, 0.29) is 0 Å². The molecule has 2 rings (SSSR count). The van der Waals surface area contributed by atoms with Crippen LogP contribution in [0.2, 0.25) is 5.02 Å². The molecule has 0 radical (unpaired) electrons. The summed E-state index contributed by atoms with van der Waals surface area (Å²) in [6.45, 7) is 0. The van der Waals surface area contributed by atoms with Crippen LogP contribution in [-0.2, 0) is 0 Å². The van der Waals surface area contributed by atoms with Crippen LogP contribution in [0, 0.1) is 10.1 Å². The molecule has 7 nitrogen and oxygen atoms in total. The molecule has 0 amide bonds. The molecule has 0 saturated carbocycles. The second kappa shape index (κ2) is 7.46. The van der Waals surface area contributed by atoms with Gasteiger partial charge in [-0.15, -0.1) is 0 Å². The average Bonchev–Trinajstić information content (AvgIpc) is 2.54. The van der Waals surface area contributed by atoms with Gasteiger partial charge in [0.15, 0.2) is 5.82 Å². The van der Waals surface area contributed by atoms with Gasteiger partial charge in [0.25, 0.3) is 6.20 Å². The molecule has 0 aliphatic carbocycles. The van der Waals surface area contributed by atoms with Crippen LogP contribution >= 0.6 is 11.6 Å². The van der Waals surface area contributed by atoms with Crippen LogP contribution in [-0.4, -0.2) is 24.0 Å². The second-order valence-corrected chi connectivity index (χ2v) is 4.96. The predicted octanol–water partition coefficient (Wildman–Crippen LogP) is 3.26. The molecule has 1 aromatic carbocycles. The van der Waals surface area contributed by atoms with Gasteiger partial charge in [0.1, 0.15) is 5.75 Å². The van der Waals surface area contributed by atoms with Crippen molar-refractivity contribution in [3.8, 4) is 11.6 Å². The molecule has 2 aromatic rings. The zero-order valence-electron chi connectivity index (χ0n) is 12.6. The van der Waals surface area contributed by atoms with Gasteiger partial charge < -0.3 is 15.0 Å². The summed E-state index contributed by atoms with van der Waals surface area (Å²) >= 11 is 5.81. The van der Waals surface area contributed by atoms with Gasteiger partial charge in [-0.05, 0) is 30.3 Å². The summed E-state index contributed by atoms with van der Waals surface area (Å²) in [6, 6.07) is 10.4. The third-order valence-corrected chi connectivity index (χ3v) is 3.24. The van der Waals surface area contributed by atoms with E-state index in [2.05, 4.69) is 10.3 Å². The zero-order chi connectivity index (χ0) is 16.8. The number of nitrogens with one attached hydrogen (secondary N) is 1. The Morgan fingerprint density at radius 1 is 1.35 bits per heavy atom. The molecule has 1 aromatic heterocycles. The lowest BCUT2D eigenvalue weighted by Crippen LogP contribution is -2.26. The van der Waals surface area contributed by atoms with Crippen LogP contribution in [0.15, 0.2) is 54.6 Å². The summed E-state index contributed by atoms with van der Waals surface area (Å²) in [7, 11) is 3.31. The Hall–Kier alpha value is -2.80. The van der Waals surface area contributed by atoms with Crippen molar-refractivity contribution in [1.29, 1.82) is 0 Å². The fraction of sp³-hybridized carbons (Fsp3) is 0.133. The number of benzene rings is 1. The molecule has 1 N–H and O–H groups in total. The van der Waals surface area contributed by atoms with Crippen LogP contribution in [0.5, 0.6) is 11.6 Å². The summed E-state index contributed by atoms with van der Waals surface area (Å²) in [5.74, 6) is 1.36. The molecule has 120 valence electrons. The van der Waals surface area contributed by atoms with Crippen molar-refractivity contribution in [2.75, 3.05) is 19.0 Å². The Kier molecular flexibility index (Phi) is 5.37. The van der Waals surface area contributed by atoms with Gasteiger partial charge in [-0.25, -0.2) is 4.98 Å². The van der Waals surface area contributed by atoms with Crippen LogP contribution in [0.25, 0.3) is 0 Å². The fourth-order valence-corrected chi connectivity index (χ4v) is 1.94. The summed E-state index contributed by atoms with van der Waals surface area (Å²) < 4.78 is 5.59. The standard InChI is InChI=1S/C15H15ClN4O3/c1-17-14(10-20(21)22)19(2)12-5-8-15(18-9-12)23-13-6-3-11(16)4-7-13/h3-10,17H,1-2H3/b14-10+. The summed E-state index contributed by atoms with van der Waals surface area (Å²) in [5.41, 5.74) is 0.677. The first-order valence-electron chi connectivity index (χ1n) is 6.66. The highest BCUT2D eigenvalue weighted by atomic mass is 35.5. The number of nitro groups is 1. The van der Waals surface area contributed by atoms with Crippen molar-refractivity contribution in [3.63, 3.8) is 0 Å². The highest BCUT2D eigenvalue weighted by Crippen LogP contribution is 2.23. The monoisotopic (exact) mass is 334 g/mol. The van der Waals surface area contributed by atoms with Crippen molar-refractivity contribution >= 4 is 17.3 Å². The van der Waals surface area contributed by atoms with Crippen molar-refractivity contribution in [2.24, 2.45) is 0 Å². The normalized spacial score (nSPS) is 11.0. The number of nitrogens with zero attached hydrogens (tertiary/aromatic N) is 3.